The van der Waals surface area contributed by atoms with Crippen molar-refractivity contribution >= 4 is 0 Å². The predicted octanol–water partition coefficient (Wildman–Crippen LogP) is 6.54. The van der Waals surface area contributed by atoms with Crippen molar-refractivity contribution in [2.24, 2.45) is 0 Å². The highest BCUT2D eigenvalue weighted by Gasteiger charge is 2.58. The van der Waals surface area contributed by atoms with E-state index in [9.17, 15) is 23.4 Å². The van der Waals surface area contributed by atoms with Crippen molar-refractivity contribution in [3.05, 3.63) is 95.1 Å². The maximum Gasteiger partial charge on any atom is 0.406 e. The summed E-state index contributed by atoms with van der Waals surface area (Å²) in [4.78, 5) is 0. The fraction of sp³-hybridized carbons (Fsp3) is 0.231. The Morgan fingerprint density at radius 2 is 1.13 bits per heavy atom. The number of alkyl halides is 3. The first-order valence-electron chi connectivity index (χ1n) is 10.0. The minimum atomic E-state index is -4.70. The van der Waals surface area contributed by atoms with Gasteiger partial charge in [-0.05, 0) is 59.5 Å². The van der Waals surface area contributed by atoms with Gasteiger partial charge in [0.15, 0.2) is 0 Å². The molecule has 0 aromatic heterocycles. The lowest BCUT2D eigenvalue weighted by Crippen LogP contribution is -2.44. The van der Waals surface area contributed by atoms with E-state index in [1.165, 1.54) is 60.7 Å². The van der Waals surface area contributed by atoms with E-state index in [1.807, 2.05) is 0 Å². The highest BCUT2D eigenvalue weighted by molar-refractivity contribution is 5.55. The van der Waals surface area contributed by atoms with Crippen LogP contribution < -0.4 is 0 Å². The van der Waals surface area contributed by atoms with Crippen molar-refractivity contribution in [2.75, 3.05) is 0 Å². The Morgan fingerprint density at radius 1 is 0.710 bits per heavy atom. The Labute approximate surface area is 180 Å². The molecule has 0 saturated heterocycles. The summed E-state index contributed by atoms with van der Waals surface area (Å²) in [5, 5.41) is 19.3. The van der Waals surface area contributed by atoms with E-state index in [2.05, 4.69) is 18.8 Å². The van der Waals surface area contributed by atoms with Gasteiger partial charge in [-0.3, -0.25) is 0 Å². The molecule has 0 bridgehead atoms. The van der Waals surface area contributed by atoms with Gasteiger partial charge in [-0.1, -0.05) is 61.6 Å². The molecule has 0 atom stereocenters. The van der Waals surface area contributed by atoms with Crippen molar-refractivity contribution < 1.29 is 23.4 Å². The van der Waals surface area contributed by atoms with Crippen molar-refractivity contribution in [3.63, 3.8) is 0 Å². The summed E-state index contributed by atoms with van der Waals surface area (Å²) >= 11 is 0. The van der Waals surface area contributed by atoms with E-state index < -0.39 is 11.6 Å². The van der Waals surface area contributed by atoms with E-state index in [0.717, 1.165) is 19.3 Å². The highest BCUT2D eigenvalue weighted by atomic mass is 19.4. The molecule has 0 unspecified atom stereocenters. The average molecular weight is 424 g/mol. The van der Waals surface area contributed by atoms with Gasteiger partial charge in [-0.25, -0.2) is 0 Å². The second-order valence-electron chi connectivity index (χ2n) is 7.32. The quantitative estimate of drug-likeness (QED) is 0.277. The summed E-state index contributed by atoms with van der Waals surface area (Å²) in [6.45, 7) is 2.07. The molecule has 3 aromatic rings. The van der Waals surface area contributed by atoms with Crippen molar-refractivity contribution in [1.29, 1.82) is 0 Å². The fourth-order valence-corrected chi connectivity index (χ4v) is 3.65. The monoisotopic (exact) mass is 424 g/mol. The molecule has 0 spiro atoms. The minimum absolute atomic E-state index is 0.0236. The van der Waals surface area contributed by atoms with Crippen LogP contribution in [0.15, 0.2) is 72.8 Å². The zero-order valence-corrected chi connectivity index (χ0v) is 17.1. The van der Waals surface area contributed by atoms with Crippen molar-refractivity contribution in [2.45, 2.75) is 37.8 Å². The summed E-state index contributed by atoms with van der Waals surface area (Å²) < 4.78 is 44.6. The van der Waals surface area contributed by atoms with Crippen LogP contribution in [0.4, 0.5) is 13.2 Å². The minimum Gasteiger partial charge on any atom is -0.508 e. The van der Waals surface area contributed by atoms with E-state index in [1.54, 1.807) is 12.1 Å². The van der Waals surface area contributed by atoms with Crippen LogP contribution in [0, 0.1) is 11.8 Å². The lowest BCUT2D eigenvalue weighted by atomic mass is 9.68. The first-order chi connectivity index (χ1) is 14.8. The maximum atomic E-state index is 14.9. The van der Waals surface area contributed by atoms with Crippen LogP contribution in [0.1, 0.15) is 48.4 Å². The van der Waals surface area contributed by atoms with Gasteiger partial charge < -0.3 is 10.2 Å². The number of unbranched alkanes of at least 4 members (excludes halogenated alkanes) is 2. The molecule has 0 radical (unpaired) electrons. The molecule has 5 heteroatoms. The molecule has 0 amide bonds. The first kappa shape index (κ1) is 22.3. The van der Waals surface area contributed by atoms with Gasteiger partial charge in [0.2, 0.25) is 0 Å². The van der Waals surface area contributed by atoms with E-state index in [0.29, 0.717) is 5.56 Å². The number of benzene rings is 3. The normalized spacial score (nSPS) is 11.6. The number of hydrogen-bond acceptors (Lipinski definition) is 2. The smallest absolute Gasteiger partial charge is 0.406 e. The molecule has 2 N–H and O–H groups in total. The summed E-state index contributed by atoms with van der Waals surface area (Å²) in [6, 6.07) is 16.1. The number of phenolic OH excluding ortho intramolecular Hbond substituents is 2. The summed E-state index contributed by atoms with van der Waals surface area (Å²) in [6.07, 6.45) is -1.95. The third kappa shape index (κ3) is 4.54. The van der Waals surface area contributed by atoms with Crippen LogP contribution in [-0.4, -0.2) is 16.4 Å². The fourth-order valence-electron chi connectivity index (χ4n) is 3.65. The summed E-state index contributed by atoms with van der Waals surface area (Å²) in [7, 11) is 0. The van der Waals surface area contributed by atoms with Crippen LogP contribution in [-0.2, 0) is 5.41 Å². The molecule has 2 nitrogen and oxygen atoms in total. The first-order valence-corrected chi connectivity index (χ1v) is 10.0. The van der Waals surface area contributed by atoms with Gasteiger partial charge in [-0.2, -0.15) is 13.2 Å². The van der Waals surface area contributed by atoms with Gasteiger partial charge in [0, 0.05) is 12.0 Å². The van der Waals surface area contributed by atoms with Crippen molar-refractivity contribution in [1.82, 2.24) is 0 Å². The number of rotatable bonds is 5. The van der Waals surface area contributed by atoms with E-state index in [4.69, 9.17) is 0 Å². The molecule has 0 aliphatic rings. The average Bonchev–Trinajstić information content (AvgIpc) is 2.74. The number of phenols is 2. The molecule has 0 heterocycles. The Kier molecular flexibility index (Phi) is 6.60. The van der Waals surface area contributed by atoms with E-state index in [-0.39, 0.29) is 28.2 Å². The second kappa shape index (κ2) is 9.18. The summed E-state index contributed by atoms with van der Waals surface area (Å²) in [5.41, 5.74) is -1.89. The Balaban J connectivity index is 2.20. The van der Waals surface area contributed by atoms with Gasteiger partial charge in [0.25, 0.3) is 0 Å². The lowest BCUT2D eigenvalue weighted by Gasteiger charge is -2.37. The van der Waals surface area contributed by atoms with Crippen LogP contribution in [0.25, 0.3) is 0 Å². The number of halogens is 3. The van der Waals surface area contributed by atoms with E-state index >= 15 is 0 Å². The van der Waals surface area contributed by atoms with Gasteiger partial charge in [0.1, 0.15) is 16.9 Å². The van der Waals surface area contributed by atoms with Crippen LogP contribution in [0.2, 0.25) is 0 Å². The predicted molar refractivity (Wildman–Crippen MR) is 115 cm³/mol. The standard InChI is InChI=1S/C26H23F3O2/c1-2-3-4-5-6-19-7-9-20(10-8-19)25(26(27,28)29,21-11-15-23(30)16-12-21)22-13-17-24(31)18-14-22/h7-18,30-31H,2-4H2,1H3. The zero-order chi connectivity index (χ0) is 22.5. The molecule has 0 aliphatic carbocycles. The molecule has 0 aliphatic heterocycles. The molecule has 160 valence electrons. The van der Waals surface area contributed by atoms with Gasteiger partial charge in [-0.15, -0.1) is 0 Å². The third-order valence-electron chi connectivity index (χ3n) is 5.23. The molecule has 3 rings (SSSR count). The largest absolute Gasteiger partial charge is 0.508 e. The van der Waals surface area contributed by atoms with Crippen LogP contribution in [0.3, 0.4) is 0 Å². The van der Waals surface area contributed by atoms with Crippen LogP contribution >= 0.6 is 0 Å². The highest BCUT2D eigenvalue weighted by Crippen LogP contribution is 2.51. The third-order valence-corrected chi connectivity index (χ3v) is 5.23. The molecular formula is C26H23F3O2. The number of aromatic hydroxyl groups is 2. The molecular weight excluding hydrogens is 401 g/mol. The SMILES string of the molecule is CCCCC#Cc1ccc(C(c2ccc(O)cc2)(c2ccc(O)cc2)C(F)(F)F)cc1. The molecule has 0 saturated carbocycles. The number of hydrogen-bond donors (Lipinski definition) is 2. The topological polar surface area (TPSA) is 40.5 Å². The van der Waals surface area contributed by atoms with Gasteiger partial charge in [0.05, 0.1) is 0 Å². The zero-order valence-electron chi connectivity index (χ0n) is 17.1. The Bertz CT molecular complexity index is 1010. The Hall–Kier alpha value is -3.39. The maximum absolute atomic E-state index is 14.9. The molecule has 0 fully saturated rings. The van der Waals surface area contributed by atoms with Crippen LogP contribution in [0.5, 0.6) is 11.5 Å². The molecule has 31 heavy (non-hydrogen) atoms. The Morgan fingerprint density at radius 3 is 1.52 bits per heavy atom. The second-order valence-corrected chi connectivity index (χ2v) is 7.32. The van der Waals surface area contributed by atoms with Crippen molar-refractivity contribution in [3.8, 4) is 23.3 Å². The van der Waals surface area contributed by atoms with Gasteiger partial charge >= 0.3 is 6.18 Å². The lowest BCUT2D eigenvalue weighted by molar-refractivity contribution is -0.166. The summed E-state index contributed by atoms with van der Waals surface area (Å²) in [5.74, 6) is 5.79. The molecule has 3 aromatic carbocycles.